The Morgan fingerprint density at radius 1 is 1.56 bits per heavy atom. The molecule has 0 saturated carbocycles. The quantitative estimate of drug-likeness (QED) is 0.493. The molecule has 0 N–H and O–H groups in total. The van der Waals surface area contributed by atoms with Gasteiger partial charge in [0.05, 0.1) is 0 Å². The van der Waals surface area contributed by atoms with Gasteiger partial charge in [0.2, 0.25) is 0 Å². The molecule has 1 unspecified atom stereocenters. The monoisotopic (exact) mass is 136 g/mol. The fourth-order valence-corrected chi connectivity index (χ4v) is 2.10. The first kappa shape index (κ1) is 5.36. The molecule has 1 aliphatic heterocycles. The van der Waals surface area contributed by atoms with E-state index in [0.717, 1.165) is 0 Å². The number of allylic oxidation sites excluding steroid dienone is 4. The van der Waals surface area contributed by atoms with Gasteiger partial charge in [0.1, 0.15) is 0 Å². The number of thioether (sulfide) groups is 1. The minimum absolute atomic E-state index is 0.690. The number of hydrogen-bond acceptors (Lipinski definition) is 1. The minimum atomic E-state index is 0.690. The molecule has 1 aliphatic carbocycles. The average Bonchev–Trinajstić information content (AvgIpc) is 2.35. The van der Waals surface area contributed by atoms with Crippen LogP contribution in [0.4, 0.5) is 0 Å². The second-order valence-corrected chi connectivity index (χ2v) is 3.55. The van der Waals surface area contributed by atoms with E-state index in [1.807, 2.05) is 11.8 Å². The zero-order valence-electron chi connectivity index (χ0n) is 5.29. The van der Waals surface area contributed by atoms with Crippen molar-refractivity contribution < 1.29 is 0 Å². The Kier molecular flexibility index (Phi) is 1.06. The Balaban J connectivity index is 2.42. The van der Waals surface area contributed by atoms with Crippen LogP contribution >= 0.6 is 11.8 Å². The first-order valence-corrected chi connectivity index (χ1v) is 4.06. The molecule has 1 atom stereocenters. The van der Waals surface area contributed by atoms with E-state index >= 15 is 0 Å². The van der Waals surface area contributed by atoms with Gasteiger partial charge in [-0.05, 0) is 23.5 Å². The molecule has 46 valence electrons. The lowest BCUT2D eigenvalue weighted by atomic mass is 10.1. The lowest BCUT2D eigenvalue weighted by molar-refractivity contribution is 1.18. The zero-order valence-corrected chi connectivity index (χ0v) is 6.11. The maximum Gasteiger partial charge on any atom is 0.0316 e. The highest BCUT2D eigenvalue weighted by molar-refractivity contribution is 8.03. The van der Waals surface area contributed by atoms with E-state index in [-0.39, 0.29) is 0 Å². The molecule has 1 heterocycles. The van der Waals surface area contributed by atoms with Crippen molar-refractivity contribution in [2.24, 2.45) is 0 Å². The molecule has 2 aliphatic rings. The lowest BCUT2D eigenvalue weighted by Crippen LogP contribution is -1.92. The van der Waals surface area contributed by atoms with Crippen molar-refractivity contribution in [3.63, 3.8) is 0 Å². The van der Waals surface area contributed by atoms with Crippen molar-refractivity contribution in [2.45, 2.75) is 12.2 Å². The summed E-state index contributed by atoms with van der Waals surface area (Å²) in [4.78, 5) is 0. The first-order valence-electron chi connectivity index (χ1n) is 3.12. The summed E-state index contributed by atoms with van der Waals surface area (Å²) in [6.45, 7) is 2.24. The standard InChI is InChI=1S/C8H8S/c1-6-8-4-2-3-7(8)5-9-6/h2-6H,1H3. The van der Waals surface area contributed by atoms with Gasteiger partial charge >= 0.3 is 0 Å². The largest absolute Gasteiger partial charge is 0.126 e. The van der Waals surface area contributed by atoms with Crippen molar-refractivity contribution in [3.8, 4) is 0 Å². The smallest absolute Gasteiger partial charge is 0.0316 e. The van der Waals surface area contributed by atoms with Crippen molar-refractivity contribution >= 4 is 11.8 Å². The molecule has 0 fully saturated rings. The Morgan fingerprint density at radius 2 is 2.44 bits per heavy atom. The lowest BCUT2D eigenvalue weighted by Gasteiger charge is -2.00. The van der Waals surface area contributed by atoms with Crippen LogP contribution in [-0.4, -0.2) is 5.25 Å². The third kappa shape index (κ3) is 0.681. The van der Waals surface area contributed by atoms with Crippen LogP contribution in [0.2, 0.25) is 0 Å². The normalized spacial score (nSPS) is 30.1. The summed E-state index contributed by atoms with van der Waals surface area (Å²) in [5, 5.41) is 2.93. The third-order valence-corrected chi connectivity index (χ3v) is 2.77. The van der Waals surface area contributed by atoms with Crippen LogP contribution in [0.15, 0.2) is 34.8 Å². The van der Waals surface area contributed by atoms with Crippen molar-refractivity contribution in [2.75, 3.05) is 0 Å². The van der Waals surface area contributed by atoms with Gasteiger partial charge in [0.25, 0.3) is 0 Å². The highest BCUT2D eigenvalue weighted by Crippen LogP contribution is 2.37. The van der Waals surface area contributed by atoms with Gasteiger partial charge in [0.15, 0.2) is 0 Å². The SMILES string of the molecule is CC1SC=C2C=CC=C21. The second kappa shape index (κ2) is 1.77. The van der Waals surface area contributed by atoms with Crippen LogP contribution in [0.25, 0.3) is 0 Å². The average molecular weight is 136 g/mol. The molecule has 0 spiro atoms. The predicted molar refractivity (Wildman–Crippen MR) is 42.4 cm³/mol. The number of hydrogen-bond donors (Lipinski definition) is 0. The van der Waals surface area contributed by atoms with Crippen molar-refractivity contribution in [3.05, 3.63) is 34.8 Å². The van der Waals surface area contributed by atoms with E-state index in [1.165, 1.54) is 11.1 Å². The minimum Gasteiger partial charge on any atom is -0.126 e. The molecule has 0 radical (unpaired) electrons. The molecule has 0 aromatic heterocycles. The molecule has 0 nitrogen and oxygen atoms in total. The Labute approximate surface area is 59.3 Å². The summed E-state index contributed by atoms with van der Waals surface area (Å²) >= 11 is 1.91. The van der Waals surface area contributed by atoms with Crippen molar-refractivity contribution in [1.29, 1.82) is 0 Å². The summed E-state index contributed by atoms with van der Waals surface area (Å²) in [5.74, 6) is 0. The molecule has 0 aromatic rings. The summed E-state index contributed by atoms with van der Waals surface area (Å²) in [6, 6.07) is 0. The molecule has 0 bridgehead atoms. The first-order chi connectivity index (χ1) is 4.38. The van der Waals surface area contributed by atoms with Crippen LogP contribution in [0.5, 0.6) is 0 Å². The highest BCUT2D eigenvalue weighted by atomic mass is 32.2. The molecule has 0 amide bonds. The second-order valence-electron chi connectivity index (χ2n) is 2.33. The van der Waals surface area contributed by atoms with Crippen LogP contribution in [0.3, 0.4) is 0 Å². The van der Waals surface area contributed by atoms with E-state index in [2.05, 4.69) is 30.6 Å². The summed E-state index contributed by atoms with van der Waals surface area (Å²) < 4.78 is 0. The van der Waals surface area contributed by atoms with Gasteiger partial charge in [-0.1, -0.05) is 18.2 Å². The summed E-state index contributed by atoms with van der Waals surface area (Å²) in [7, 11) is 0. The Bertz CT molecular complexity index is 221. The topological polar surface area (TPSA) is 0 Å². The summed E-state index contributed by atoms with van der Waals surface area (Å²) in [5.41, 5.74) is 2.92. The zero-order chi connectivity index (χ0) is 6.27. The van der Waals surface area contributed by atoms with E-state index in [1.54, 1.807) is 0 Å². The fourth-order valence-electron chi connectivity index (χ4n) is 1.17. The van der Waals surface area contributed by atoms with Gasteiger partial charge in [-0.25, -0.2) is 0 Å². The predicted octanol–water partition coefficient (Wildman–Crippen LogP) is 2.50. The fraction of sp³-hybridized carbons (Fsp3) is 0.250. The maximum atomic E-state index is 2.24. The van der Waals surface area contributed by atoms with Crippen LogP contribution in [0, 0.1) is 0 Å². The number of rotatable bonds is 0. The molecule has 2 rings (SSSR count). The van der Waals surface area contributed by atoms with E-state index in [9.17, 15) is 0 Å². The van der Waals surface area contributed by atoms with Crippen molar-refractivity contribution in [1.82, 2.24) is 0 Å². The Morgan fingerprint density at radius 3 is 3.22 bits per heavy atom. The molecular formula is C8H8S. The molecule has 0 saturated heterocycles. The number of fused-ring (bicyclic) bond motifs is 1. The maximum absolute atomic E-state index is 2.24. The van der Waals surface area contributed by atoms with Gasteiger partial charge in [-0.3, -0.25) is 0 Å². The van der Waals surface area contributed by atoms with Crippen LogP contribution in [-0.2, 0) is 0 Å². The van der Waals surface area contributed by atoms with Gasteiger partial charge in [0, 0.05) is 5.25 Å². The third-order valence-electron chi connectivity index (χ3n) is 1.72. The molecule has 0 aromatic carbocycles. The molecular weight excluding hydrogens is 128 g/mol. The molecule has 1 heteroatoms. The van der Waals surface area contributed by atoms with E-state index < -0.39 is 0 Å². The van der Waals surface area contributed by atoms with E-state index in [0.29, 0.717) is 5.25 Å². The van der Waals surface area contributed by atoms with Gasteiger partial charge in [-0.15, -0.1) is 11.8 Å². The summed E-state index contributed by atoms with van der Waals surface area (Å²) in [6.07, 6.45) is 6.50. The molecule has 9 heavy (non-hydrogen) atoms. The Hall–Kier alpha value is -0.430. The van der Waals surface area contributed by atoms with Crippen LogP contribution in [0.1, 0.15) is 6.92 Å². The van der Waals surface area contributed by atoms with Gasteiger partial charge < -0.3 is 0 Å². The van der Waals surface area contributed by atoms with E-state index in [4.69, 9.17) is 0 Å². The van der Waals surface area contributed by atoms with Crippen LogP contribution < -0.4 is 0 Å². The van der Waals surface area contributed by atoms with Gasteiger partial charge in [-0.2, -0.15) is 0 Å². The highest BCUT2D eigenvalue weighted by Gasteiger charge is 2.19.